The Kier molecular flexibility index (Phi) is 5.63. The van der Waals surface area contributed by atoms with E-state index < -0.39 is 10.8 Å². The van der Waals surface area contributed by atoms with Gasteiger partial charge in [0, 0.05) is 6.08 Å². The van der Waals surface area contributed by atoms with Gasteiger partial charge in [-0.3, -0.25) is 20.2 Å². The molecule has 2 rings (SSSR count). The quantitative estimate of drug-likeness (QED) is 0.371. The molecule has 0 atom stereocenters. The minimum Gasteiger partial charge on any atom is -0.496 e. The van der Waals surface area contributed by atoms with Gasteiger partial charge in [0.25, 0.3) is 5.69 Å². The van der Waals surface area contributed by atoms with Gasteiger partial charge in [-0.2, -0.15) is 0 Å². The Morgan fingerprint density at radius 2 is 2.21 bits per heavy atom. The first-order valence-electron chi connectivity index (χ1n) is 6.65. The number of nitro groups is 1. The van der Waals surface area contributed by atoms with Crippen molar-refractivity contribution in [2.45, 2.75) is 0 Å². The summed E-state index contributed by atoms with van der Waals surface area (Å²) in [5, 5.41) is 16.0. The Bertz CT molecular complexity index is 786. The molecule has 1 amide bonds. The molecule has 0 aliphatic rings. The van der Waals surface area contributed by atoms with Gasteiger partial charge in [0.2, 0.25) is 5.91 Å². The lowest BCUT2D eigenvalue weighted by Crippen LogP contribution is -2.33. The van der Waals surface area contributed by atoms with Crippen LogP contribution >= 0.6 is 12.2 Å². The van der Waals surface area contributed by atoms with E-state index in [0.717, 1.165) is 0 Å². The van der Waals surface area contributed by atoms with Crippen LogP contribution in [0.5, 0.6) is 5.75 Å². The first kappa shape index (κ1) is 17.2. The lowest BCUT2D eigenvalue weighted by Gasteiger charge is -2.09. The van der Waals surface area contributed by atoms with Crippen molar-refractivity contribution in [1.82, 2.24) is 5.32 Å². The first-order valence-corrected chi connectivity index (χ1v) is 7.06. The summed E-state index contributed by atoms with van der Waals surface area (Å²) in [6.07, 6.45) is 4.18. The van der Waals surface area contributed by atoms with Crippen LogP contribution in [0.25, 0.3) is 6.08 Å². The maximum atomic E-state index is 11.7. The number of nitrogens with one attached hydrogen (secondary N) is 2. The molecule has 124 valence electrons. The van der Waals surface area contributed by atoms with Crippen LogP contribution in [0.1, 0.15) is 5.76 Å². The summed E-state index contributed by atoms with van der Waals surface area (Å²) < 4.78 is 9.99. The van der Waals surface area contributed by atoms with Gasteiger partial charge < -0.3 is 14.5 Å². The molecule has 2 N–H and O–H groups in total. The lowest BCUT2D eigenvalue weighted by molar-refractivity contribution is -0.384. The molecule has 0 saturated heterocycles. The highest BCUT2D eigenvalue weighted by Crippen LogP contribution is 2.28. The molecule has 0 bridgehead atoms. The minimum absolute atomic E-state index is 0.0719. The van der Waals surface area contributed by atoms with Crippen molar-refractivity contribution < 1.29 is 18.9 Å². The van der Waals surface area contributed by atoms with E-state index in [2.05, 4.69) is 10.6 Å². The molecule has 0 saturated carbocycles. The Morgan fingerprint density at radius 3 is 2.83 bits per heavy atom. The molecular formula is C15H13N3O5S. The molecule has 9 heteroatoms. The average Bonchev–Trinajstić information content (AvgIpc) is 3.06. The third-order valence-electron chi connectivity index (χ3n) is 2.83. The van der Waals surface area contributed by atoms with E-state index in [4.69, 9.17) is 21.4 Å². The predicted molar refractivity (Wildman–Crippen MR) is 91.8 cm³/mol. The van der Waals surface area contributed by atoms with Crippen LogP contribution in [0.3, 0.4) is 0 Å². The number of carbonyl (C=O) groups is 1. The number of carbonyl (C=O) groups excluding carboxylic acids is 1. The van der Waals surface area contributed by atoms with Crippen LogP contribution in [0.2, 0.25) is 0 Å². The molecular weight excluding hydrogens is 334 g/mol. The second kappa shape index (κ2) is 7.88. The number of furan rings is 1. The zero-order valence-electron chi connectivity index (χ0n) is 12.5. The summed E-state index contributed by atoms with van der Waals surface area (Å²) in [5.74, 6) is 0.346. The van der Waals surface area contributed by atoms with Crippen molar-refractivity contribution in [2.75, 3.05) is 12.4 Å². The van der Waals surface area contributed by atoms with Crippen LogP contribution < -0.4 is 15.4 Å². The first-order chi connectivity index (χ1) is 11.5. The summed E-state index contributed by atoms with van der Waals surface area (Å²) >= 11 is 4.98. The van der Waals surface area contributed by atoms with Gasteiger partial charge in [0.05, 0.1) is 24.4 Å². The Balaban J connectivity index is 2.01. The molecule has 0 aliphatic heterocycles. The van der Waals surface area contributed by atoms with E-state index in [1.165, 1.54) is 43.7 Å². The number of thiocarbonyl (C=S) groups is 1. The van der Waals surface area contributed by atoms with Crippen LogP contribution in [0, 0.1) is 10.1 Å². The fourth-order valence-electron chi connectivity index (χ4n) is 1.75. The van der Waals surface area contributed by atoms with E-state index in [0.29, 0.717) is 11.5 Å². The number of rotatable bonds is 5. The van der Waals surface area contributed by atoms with Crippen molar-refractivity contribution in [2.24, 2.45) is 0 Å². The van der Waals surface area contributed by atoms with Crippen molar-refractivity contribution in [3.8, 4) is 5.75 Å². The molecule has 0 aliphatic carbocycles. The highest BCUT2D eigenvalue weighted by atomic mass is 32.1. The van der Waals surface area contributed by atoms with E-state index in [9.17, 15) is 14.9 Å². The number of hydrogen-bond donors (Lipinski definition) is 2. The summed E-state index contributed by atoms with van der Waals surface area (Å²) in [5.41, 5.74) is -0.0850. The molecule has 0 unspecified atom stereocenters. The van der Waals surface area contributed by atoms with Gasteiger partial charge in [-0.1, -0.05) is 0 Å². The second-order valence-corrected chi connectivity index (χ2v) is 4.84. The standard InChI is InChI=1S/C15H13N3O5S/c1-22-11-4-6-12(13(9-11)18(20)21)16-15(24)17-14(19)7-5-10-3-2-8-23-10/h2-9H,1H3,(H2,16,17,19,24). The van der Waals surface area contributed by atoms with Gasteiger partial charge in [-0.25, -0.2) is 0 Å². The Morgan fingerprint density at radius 1 is 1.42 bits per heavy atom. The molecule has 24 heavy (non-hydrogen) atoms. The number of anilines is 1. The third-order valence-corrected chi connectivity index (χ3v) is 3.03. The van der Waals surface area contributed by atoms with E-state index in [1.807, 2.05) is 0 Å². The molecule has 1 aromatic carbocycles. The smallest absolute Gasteiger partial charge is 0.296 e. The molecule has 1 heterocycles. The van der Waals surface area contributed by atoms with E-state index in [-0.39, 0.29) is 16.5 Å². The van der Waals surface area contributed by atoms with Gasteiger partial charge in [-0.15, -0.1) is 0 Å². The Hall–Kier alpha value is -3.20. The van der Waals surface area contributed by atoms with Crippen molar-refractivity contribution in [1.29, 1.82) is 0 Å². The van der Waals surface area contributed by atoms with Gasteiger partial charge >= 0.3 is 0 Å². The molecule has 0 fully saturated rings. The summed E-state index contributed by atoms with van der Waals surface area (Å²) in [6, 6.07) is 7.60. The number of methoxy groups -OCH3 is 1. The average molecular weight is 347 g/mol. The third kappa shape index (κ3) is 4.65. The Labute approximate surface area is 142 Å². The molecule has 0 radical (unpaired) electrons. The lowest BCUT2D eigenvalue weighted by atomic mass is 10.2. The van der Waals surface area contributed by atoms with Crippen LogP contribution in [-0.4, -0.2) is 23.1 Å². The van der Waals surface area contributed by atoms with Gasteiger partial charge in [0.1, 0.15) is 17.2 Å². The van der Waals surface area contributed by atoms with E-state index in [1.54, 1.807) is 12.1 Å². The topological polar surface area (TPSA) is 107 Å². The zero-order chi connectivity index (χ0) is 17.5. The maximum absolute atomic E-state index is 11.7. The highest BCUT2D eigenvalue weighted by Gasteiger charge is 2.16. The van der Waals surface area contributed by atoms with Crippen LogP contribution in [-0.2, 0) is 4.79 Å². The number of hydrogen-bond acceptors (Lipinski definition) is 6. The number of nitro benzene ring substituents is 1. The second-order valence-electron chi connectivity index (χ2n) is 4.43. The van der Waals surface area contributed by atoms with Gasteiger partial charge in [-0.05, 0) is 42.6 Å². The molecule has 8 nitrogen and oxygen atoms in total. The minimum atomic E-state index is -0.577. The maximum Gasteiger partial charge on any atom is 0.296 e. The van der Waals surface area contributed by atoms with Crippen LogP contribution in [0.4, 0.5) is 11.4 Å². The SMILES string of the molecule is COc1ccc(NC(=S)NC(=O)C=Cc2ccco2)c([N+](=O)[O-])c1. The number of ether oxygens (including phenoxy) is 1. The number of amides is 1. The monoisotopic (exact) mass is 347 g/mol. The summed E-state index contributed by atoms with van der Waals surface area (Å²) in [6.45, 7) is 0. The summed E-state index contributed by atoms with van der Waals surface area (Å²) in [7, 11) is 1.41. The largest absolute Gasteiger partial charge is 0.496 e. The number of benzene rings is 1. The molecule has 0 spiro atoms. The number of nitrogens with zero attached hydrogens (tertiary/aromatic N) is 1. The zero-order valence-corrected chi connectivity index (χ0v) is 13.3. The van der Waals surface area contributed by atoms with Crippen molar-refractivity contribution in [3.05, 3.63) is 58.5 Å². The predicted octanol–water partition coefficient (Wildman–Crippen LogP) is 2.72. The van der Waals surface area contributed by atoms with Crippen LogP contribution in [0.15, 0.2) is 47.1 Å². The normalized spacial score (nSPS) is 10.4. The fourth-order valence-corrected chi connectivity index (χ4v) is 1.96. The highest BCUT2D eigenvalue weighted by molar-refractivity contribution is 7.80. The van der Waals surface area contributed by atoms with Crippen molar-refractivity contribution >= 4 is 40.7 Å². The van der Waals surface area contributed by atoms with Crippen molar-refractivity contribution in [3.63, 3.8) is 0 Å². The van der Waals surface area contributed by atoms with Gasteiger partial charge in [0.15, 0.2) is 5.11 Å². The van der Waals surface area contributed by atoms with E-state index >= 15 is 0 Å². The summed E-state index contributed by atoms with van der Waals surface area (Å²) in [4.78, 5) is 22.2. The molecule has 2 aromatic rings. The fraction of sp³-hybridized carbons (Fsp3) is 0.0667. The molecule has 1 aromatic heterocycles.